The Balaban J connectivity index is 1.74. The monoisotopic (exact) mass is 441 g/mol. The second-order valence-corrected chi connectivity index (χ2v) is 9.79. The topological polar surface area (TPSA) is 66.4 Å². The molecule has 0 amide bonds. The number of alkyl halides is 3. The van der Waals surface area contributed by atoms with E-state index in [1.165, 1.54) is 6.07 Å². The largest absolute Gasteiger partial charge is 0.416 e. The maximum atomic E-state index is 12.9. The Morgan fingerprint density at radius 1 is 1.00 bits per heavy atom. The van der Waals surface area contributed by atoms with Crippen molar-refractivity contribution in [3.63, 3.8) is 0 Å². The van der Waals surface area contributed by atoms with Gasteiger partial charge >= 0.3 is 6.18 Å². The summed E-state index contributed by atoms with van der Waals surface area (Å²) in [4.78, 5) is -0.376. The normalized spacial score (nSPS) is 16.7. The van der Waals surface area contributed by atoms with E-state index in [9.17, 15) is 21.6 Å². The summed E-state index contributed by atoms with van der Waals surface area (Å²) in [7, 11) is -4.05. The minimum Gasteiger partial charge on any atom is -0.396 e. The Kier molecular flexibility index (Phi) is 6.89. The average molecular weight is 442 g/mol. The van der Waals surface area contributed by atoms with E-state index in [1.54, 1.807) is 0 Å². The number of rotatable bonds is 8. The molecule has 4 nitrogen and oxygen atoms in total. The third-order valence-corrected chi connectivity index (χ3v) is 7.17. The zero-order valence-electron chi connectivity index (χ0n) is 16.6. The molecule has 164 valence electrons. The lowest BCUT2D eigenvalue weighted by Crippen LogP contribution is -2.37. The maximum Gasteiger partial charge on any atom is 0.416 e. The number of benzene rings is 2. The van der Waals surface area contributed by atoms with Crippen molar-refractivity contribution < 1.29 is 26.7 Å². The molecule has 0 radical (unpaired) electrons. The number of hydrogen-bond donors (Lipinski definition) is 2. The molecule has 1 aliphatic rings. The summed E-state index contributed by atoms with van der Waals surface area (Å²) < 4.78 is 66.7. The second-order valence-electron chi connectivity index (χ2n) is 8.02. The van der Waals surface area contributed by atoms with E-state index < -0.39 is 21.8 Å². The third kappa shape index (κ3) is 5.62. The Hall–Kier alpha value is -1.90. The highest BCUT2D eigenvalue weighted by Gasteiger charge is 2.36. The highest BCUT2D eigenvalue weighted by Crippen LogP contribution is 2.41. The summed E-state index contributed by atoms with van der Waals surface area (Å²) in [5.41, 5.74) is 0.875. The van der Waals surface area contributed by atoms with E-state index in [0.29, 0.717) is 18.9 Å². The number of hydrogen-bond acceptors (Lipinski definition) is 3. The lowest BCUT2D eigenvalue weighted by atomic mass is 9.80. The van der Waals surface area contributed by atoms with Crippen LogP contribution in [0.2, 0.25) is 0 Å². The third-order valence-electron chi connectivity index (χ3n) is 5.78. The first kappa shape index (κ1) is 22.8. The number of aliphatic hydroxyl groups is 1. The molecule has 2 N–H and O–H groups in total. The molecule has 1 aliphatic carbocycles. The van der Waals surface area contributed by atoms with Gasteiger partial charge in [0.05, 0.1) is 10.5 Å². The van der Waals surface area contributed by atoms with Crippen molar-refractivity contribution in [1.29, 1.82) is 0 Å². The van der Waals surface area contributed by atoms with Gasteiger partial charge in [-0.25, -0.2) is 13.1 Å². The lowest BCUT2D eigenvalue weighted by molar-refractivity contribution is -0.137. The first-order chi connectivity index (χ1) is 14.1. The van der Waals surface area contributed by atoms with Gasteiger partial charge in [-0.2, -0.15) is 13.2 Å². The highest BCUT2D eigenvalue weighted by atomic mass is 32.2. The molecular weight excluding hydrogens is 415 g/mol. The van der Waals surface area contributed by atoms with Crippen LogP contribution >= 0.6 is 0 Å². The Bertz CT molecular complexity index is 950. The van der Waals surface area contributed by atoms with E-state index in [-0.39, 0.29) is 23.5 Å². The minimum absolute atomic E-state index is 0.0839. The summed E-state index contributed by atoms with van der Waals surface area (Å²) in [6.45, 7) is 0.268. The molecule has 1 saturated carbocycles. The van der Waals surface area contributed by atoms with Gasteiger partial charge in [0.15, 0.2) is 0 Å². The van der Waals surface area contributed by atoms with Gasteiger partial charge in [0.1, 0.15) is 0 Å². The van der Waals surface area contributed by atoms with Crippen molar-refractivity contribution in [2.45, 2.75) is 49.6 Å². The quantitative estimate of drug-likeness (QED) is 0.641. The maximum absolute atomic E-state index is 12.9. The van der Waals surface area contributed by atoms with Gasteiger partial charge in [0, 0.05) is 13.2 Å². The van der Waals surface area contributed by atoms with Crippen LogP contribution in [-0.2, 0) is 29.0 Å². The molecule has 8 heteroatoms. The van der Waals surface area contributed by atoms with Gasteiger partial charge in [0.25, 0.3) is 0 Å². The SMILES string of the molecule is O=S(=O)(NCC1(Cc2ccc(CCO)cc2)CCCC1)c1cccc(C(F)(F)F)c1. The Morgan fingerprint density at radius 3 is 2.23 bits per heavy atom. The Labute approximate surface area is 175 Å². The van der Waals surface area contributed by atoms with Crippen LogP contribution in [0.5, 0.6) is 0 Å². The summed E-state index contributed by atoms with van der Waals surface area (Å²) in [5.74, 6) is 0. The van der Waals surface area contributed by atoms with Crippen LogP contribution in [0, 0.1) is 5.41 Å². The van der Waals surface area contributed by atoms with Gasteiger partial charge in [-0.15, -0.1) is 0 Å². The van der Waals surface area contributed by atoms with E-state index in [2.05, 4.69) is 4.72 Å². The predicted molar refractivity (Wildman–Crippen MR) is 108 cm³/mol. The number of nitrogens with one attached hydrogen (secondary N) is 1. The number of sulfonamides is 1. The van der Waals surface area contributed by atoms with Crippen molar-refractivity contribution >= 4 is 10.0 Å². The summed E-state index contributed by atoms with van der Waals surface area (Å²) >= 11 is 0. The van der Waals surface area contributed by atoms with Crippen molar-refractivity contribution in [3.8, 4) is 0 Å². The van der Waals surface area contributed by atoms with Crippen molar-refractivity contribution in [1.82, 2.24) is 4.72 Å². The molecule has 2 aromatic carbocycles. The highest BCUT2D eigenvalue weighted by molar-refractivity contribution is 7.89. The molecule has 0 spiro atoms. The Morgan fingerprint density at radius 2 is 1.63 bits per heavy atom. The molecule has 0 saturated heterocycles. The summed E-state index contributed by atoms with van der Waals surface area (Å²) in [5, 5.41) is 9.03. The van der Waals surface area contributed by atoms with Gasteiger partial charge in [-0.05, 0) is 60.4 Å². The van der Waals surface area contributed by atoms with E-state index in [0.717, 1.165) is 48.9 Å². The standard InChI is InChI=1S/C22H26F3NO3S/c23-22(24,25)19-4-3-5-20(14-19)30(28,29)26-16-21(11-1-2-12-21)15-18-8-6-17(7-9-18)10-13-27/h3-9,14,26-27H,1-2,10-13,15-16H2. The van der Waals surface area contributed by atoms with Crippen molar-refractivity contribution in [2.24, 2.45) is 5.41 Å². The fourth-order valence-corrected chi connectivity index (χ4v) is 5.30. The zero-order valence-corrected chi connectivity index (χ0v) is 17.4. The van der Waals surface area contributed by atoms with Gasteiger partial charge in [0.2, 0.25) is 10.0 Å². The predicted octanol–water partition coefficient (Wildman–Crippen LogP) is 4.32. The lowest BCUT2D eigenvalue weighted by Gasteiger charge is -2.29. The fourth-order valence-electron chi connectivity index (χ4n) is 4.10. The van der Waals surface area contributed by atoms with E-state index in [1.807, 2.05) is 24.3 Å². The van der Waals surface area contributed by atoms with Crippen LogP contribution in [0.1, 0.15) is 42.4 Å². The van der Waals surface area contributed by atoms with E-state index >= 15 is 0 Å². The molecule has 0 heterocycles. The average Bonchev–Trinajstić information content (AvgIpc) is 3.17. The van der Waals surface area contributed by atoms with Crippen LogP contribution in [0.4, 0.5) is 13.2 Å². The first-order valence-electron chi connectivity index (χ1n) is 9.99. The summed E-state index contributed by atoms with van der Waals surface area (Å²) in [6, 6.07) is 11.7. The summed E-state index contributed by atoms with van der Waals surface area (Å²) in [6.07, 6.45) is 0.384. The molecular formula is C22H26F3NO3S. The van der Waals surface area contributed by atoms with Gasteiger partial charge in [-0.1, -0.05) is 43.2 Å². The number of halogens is 3. The molecule has 3 rings (SSSR count). The molecule has 0 bridgehead atoms. The second kappa shape index (κ2) is 9.08. The molecule has 0 aromatic heterocycles. The van der Waals surface area contributed by atoms with Gasteiger partial charge < -0.3 is 5.11 Å². The molecule has 2 aromatic rings. The molecule has 1 fully saturated rings. The zero-order chi connectivity index (χ0) is 21.8. The van der Waals surface area contributed by atoms with Crippen LogP contribution in [0.3, 0.4) is 0 Å². The van der Waals surface area contributed by atoms with Crippen LogP contribution in [-0.4, -0.2) is 26.7 Å². The van der Waals surface area contributed by atoms with Crippen LogP contribution < -0.4 is 4.72 Å². The van der Waals surface area contributed by atoms with Crippen LogP contribution in [0.25, 0.3) is 0 Å². The van der Waals surface area contributed by atoms with Crippen LogP contribution in [0.15, 0.2) is 53.4 Å². The van der Waals surface area contributed by atoms with E-state index in [4.69, 9.17) is 5.11 Å². The minimum atomic E-state index is -4.60. The molecule has 0 unspecified atom stereocenters. The smallest absolute Gasteiger partial charge is 0.396 e. The molecule has 30 heavy (non-hydrogen) atoms. The fraction of sp³-hybridized carbons (Fsp3) is 0.455. The van der Waals surface area contributed by atoms with Gasteiger partial charge in [-0.3, -0.25) is 0 Å². The molecule has 0 aliphatic heterocycles. The van der Waals surface area contributed by atoms with Crippen molar-refractivity contribution in [2.75, 3.05) is 13.2 Å². The number of aliphatic hydroxyl groups excluding tert-OH is 1. The van der Waals surface area contributed by atoms with Crippen molar-refractivity contribution in [3.05, 3.63) is 65.2 Å². The molecule has 0 atom stereocenters. The first-order valence-corrected chi connectivity index (χ1v) is 11.5.